The smallest absolute Gasteiger partial charge is 0.412 e. The van der Waals surface area contributed by atoms with Gasteiger partial charge in [0.05, 0.1) is 12.3 Å². The summed E-state index contributed by atoms with van der Waals surface area (Å²) in [5, 5.41) is 0. The number of unbranched alkanes of at least 4 members (excludes halogenated alkanes) is 1. The van der Waals surface area contributed by atoms with Crippen LogP contribution in [0.2, 0.25) is 0 Å². The van der Waals surface area contributed by atoms with Gasteiger partial charge in [-0.3, -0.25) is 9.80 Å². The van der Waals surface area contributed by atoms with Gasteiger partial charge in [0.15, 0.2) is 0 Å². The zero-order chi connectivity index (χ0) is 20.9. The zero-order valence-electron chi connectivity index (χ0n) is 17.3. The maximum atomic E-state index is 12.0. The molecule has 0 bridgehead atoms. The van der Waals surface area contributed by atoms with Crippen LogP contribution in [-0.2, 0) is 25.6 Å². The monoisotopic (exact) mass is 424 g/mol. The number of likely N-dealkylation sites (tertiary alicyclic amines) is 1. The molecule has 0 radical (unpaired) electrons. The van der Waals surface area contributed by atoms with E-state index in [0.29, 0.717) is 6.54 Å². The lowest BCUT2D eigenvalue weighted by Gasteiger charge is -2.32. The van der Waals surface area contributed by atoms with Crippen LogP contribution in [0.3, 0.4) is 0 Å². The summed E-state index contributed by atoms with van der Waals surface area (Å²) in [4.78, 5) is 16.1. The van der Waals surface area contributed by atoms with E-state index in [4.69, 9.17) is 8.92 Å². The fraction of sp³-hybridized carbons (Fsp3) is 0.667. The first-order valence-electron chi connectivity index (χ1n) is 10.4. The second-order valence-electron chi connectivity index (χ2n) is 8.19. The Kier molecular flexibility index (Phi) is 7.54. The SMILES string of the molecule is CC1C(OS(C)(=O)=O)OC(=O)N1CCCCC1CCN(Cc2ccccc2)CC1. The van der Waals surface area contributed by atoms with Crippen LogP contribution in [0.25, 0.3) is 0 Å². The molecule has 0 aromatic heterocycles. The molecule has 0 aliphatic carbocycles. The molecule has 0 spiro atoms. The van der Waals surface area contributed by atoms with Crippen molar-refractivity contribution < 1.29 is 22.1 Å². The lowest BCUT2D eigenvalue weighted by molar-refractivity contribution is -0.00743. The summed E-state index contributed by atoms with van der Waals surface area (Å²) < 4.78 is 32.4. The van der Waals surface area contributed by atoms with Crippen LogP contribution in [0.1, 0.15) is 44.6 Å². The lowest BCUT2D eigenvalue weighted by Crippen LogP contribution is -2.36. The Labute approximate surface area is 174 Å². The Balaban J connectivity index is 1.32. The van der Waals surface area contributed by atoms with Crippen molar-refractivity contribution in [1.29, 1.82) is 0 Å². The van der Waals surface area contributed by atoms with Crippen molar-refractivity contribution in [1.82, 2.24) is 9.80 Å². The van der Waals surface area contributed by atoms with E-state index >= 15 is 0 Å². The number of carbonyl (C=O) groups is 1. The molecule has 0 saturated carbocycles. The van der Waals surface area contributed by atoms with Gasteiger partial charge >= 0.3 is 6.09 Å². The number of hydrogen-bond acceptors (Lipinski definition) is 6. The first kappa shape index (κ1) is 22.1. The number of ether oxygens (including phenoxy) is 1. The summed E-state index contributed by atoms with van der Waals surface area (Å²) >= 11 is 0. The van der Waals surface area contributed by atoms with Gasteiger partial charge in [-0.25, -0.2) is 8.98 Å². The van der Waals surface area contributed by atoms with Crippen LogP contribution in [0.15, 0.2) is 30.3 Å². The quantitative estimate of drug-likeness (QED) is 0.448. The molecule has 8 heteroatoms. The van der Waals surface area contributed by atoms with E-state index < -0.39 is 28.5 Å². The summed E-state index contributed by atoms with van der Waals surface area (Å²) in [6, 6.07) is 10.2. The summed E-state index contributed by atoms with van der Waals surface area (Å²) in [6.45, 7) is 5.62. The third-order valence-corrected chi connectivity index (χ3v) is 6.36. The predicted octanol–water partition coefficient (Wildman–Crippen LogP) is 3.21. The first-order valence-corrected chi connectivity index (χ1v) is 12.3. The van der Waals surface area contributed by atoms with E-state index in [9.17, 15) is 13.2 Å². The fourth-order valence-corrected chi connectivity index (χ4v) is 4.68. The minimum Gasteiger partial charge on any atom is -0.416 e. The predicted molar refractivity (Wildman–Crippen MR) is 111 cm³/mol. The number of carbonyl (C=O) groups excluding carboxylic acids is 1. The number of amides is 1. The van der Waals surface area contributed by atoms with Crippen LogP contribution >= 0.6 is 0 Å². The molecular formula is C21H32N2O5S. The number of piperidine rings is 1. The van der Waals surface area contributed by atoms with Crippen LogP contribution < -0.4 is 0 Å². The molecule has 2 unspecified atom stereocenters. The molecule has 0 N–H and O–H groups in total. The number of benzene rings is 1. The van der Waals surface area contributed by atoms with Crippen molar-refractivity contribution in [2.24, 2.45) is 5.92 Å². The highest BCUT2D eigenvalue weighted by atomic mass is 32.2. The van der Waals surface area contributed by atoms with Gasteiger partial charge in [-0.1, -0.05) is 43.2 Å². The molecule has 1 aromatic carbocycles. The van der Waals surface area contributed by atoms with Crippen molar-refractivity contribution in [3.05, 3.63) is 35.9 Å². The Hall–Kier alpha value is -1.64. The van der Waals surface area contributed by atoms with Crippen molar-refractivity contribution in [3.63, 3.8) is 0 Å². The normalized spacial score (nSPS) is 24.1. The molecule has 2 atom stereocenters. The summed E-state index contributed by atoms with van der Waals surface area (Å²) in [7, 11) is -3.66. The molecule has 2 aliphatic heterocycles. The van der Waals surface area contributed by atoms with Gasteiger partial charge < -0.3 is 4.74 Å². The van der Waals surface area contributed by atoms with E-state index in [1.165, 1.54) is 24.8 Å². The molecule has 29 heavy (non-hydrogen) atoms. The zero-order valence-corrected chi connectivity index (χ0v) is 18.1. The average Bonchev–Trinajstić information content (AvgIpc) is 2.93. The largest absolute Gasteiger partial charge is 0.416 e. The standard InChI is InChI=1S/C21H32N2O5S/c1-17-20(28-29(2,25)26)27-21(24)23(17)13-7-6-8-18-11-14-22(15-12-18)16-19-9-4-3-5-10-19/h3-5,9-10,17-18,20H,6-8,11-16H2,1-2H3. The average molecular weight is 425 g/mol. The van der Waals surface area contributed by atoms with E-state index in [1.807, 2.05) is 0 Å². The maximum Gasteiger partial charge on any atom is 0.412 e. The number of rotatable bonds is 9. The molecule has 2 fully saturated rings. The number of cyclic esters (lactones) is 1. The second kappa shape index (κ2) is 9.91. The highest BCUT2D eigenvalue weighted by Gasteiger charge is 2.41. The van der Waals surface area contributed by atoms with Gasteiger partial charge in [0, 0.05) is 13.1 Å². The summed E-state index contributed by atoms with van der Waals surface area (Å²) in [6.07, 6.45) is 4.96. The van der Waals surface area contributed by atoms with E-state index in [0.717, 1.165) is 44.6 Å². The van der Waals surface area contributed by atoms with Crippen molar-refractivity contribution >= 4 is 16.2 Å². The van der Waals surface area contributed by atoms with Gasteiger partial charge in [0.2, 0.25) is 6.29 Å². The number of nitrogens with zero attached hydrogens (tertiary/aromatic N) is 2. The highest BCUT2D eigenvalue weighted by molar-refractivity contribution is 7.86. The molecule has 162 valence electrons. The lowest BCUT2D eigenvalue weighted by atomic mass is 9.91. The van der Waals surface area contributed by atoms with Crippen LogP contribution in [0.4, 0.5) is 4.79 Å². The highest BCUT2D eigenvalue weighted by Crippen LogP contribution is 2.25. The second-order valence-corrected chi connectivity index (χ2v) is 9.79. The molecule has 3 rings (SSSR count). The minimum absolute atomic E-state index is 0.404. The van der Waals surface area contributed by atoms with E-state index in [1.54, 1.807) is 11.8 Å². The minimum atomic E-state index is -3.66. The van der Waals surface area contributed by atoms with Crippen molar-refractivity contribution in [2.45, 2.75) is 57.9 Å². The van der Waals surface area contributed by atoms with Gasteiger partial charge in [-0.15, -0.1) is 0 Å². The first-order chi connectivity index (χ1) is 13.8. The van der Waals surface area contributed by atoms with E-state index in [-0.39, 0.29) is 0 Å². The topological polar surface area (TPSA) is 76.2 Å². The number of hydrogen-bond donors (Lipinski definition) is 0. The molecule has 2 heterocycles. The summed E-state index contributed by atoms with van der Waals surface area (Å²) in [5.74, 6) is 0.742. The van der Waals surface area contributed by atoms with E-state index in [2.05, 4.69) is 35.2 Å². The Morgan fingerprint density at radius 1 is 1.14 bits per heavy atom. The van der Waals surface area contributed by atoms with Crippen molar-refractivity contribution in [3.8, 4) is 0 Å². The molecule has 1 aromatic rings. The van der Waals surface area contributed by atoms with Crippen LogP contribution in [0, 0.1) is 5.92 Å². The third kappa shape index (κ3) is 6.69. The van der Waals surface area contributed by atoms with Crippen molar-refractivity contribution in [2.75, 3.05) is 25.9 Å². The maximum absolute atomic E-state index is 12.0. The molecule has 7 nitrogen and oxygen atoms in total. The third-order valence-electron chi connectivity index (χ3n) is 5.82. The van der Waals surface area contributed by atoms with Gasteiger partial charge in [-0.2, -0.15) is 8.42 Å². The molecule has 2 saturated heterocycles. The molecule has 1 amide bonds. The Bertz CT molecular complexity index is 763. The van der Waals surface area contributed by atoms with Gasteiger partial charge in [-0.05, 0) is 50.8 Å². The van der Waals surface area contributed by atoms with Gasteiger partial charge in [0.1, 0.15) is 0 Å². The molecule has 2 aliphatic rings. The Morgan fingerprint density at radius 3 is 2.48 bits per heavy atom. The Morgan fingerprint density at radius 2 is 1.83 bits per heavy atom. The molecular weight excluding hydrogens is 392 g/mol. The van der Waals surface area contributed by atoms with Gasteiger partial charge in [0.25, 0.3) is 10.1 Å². The fourth-order valence-electron chi connectivity index (χ4n) is 4.14. The van der Waals surface area contributed by atoms with Crippen LogP contribution in [0.5, 0.6) is 0 Å². The summed E-state index contributed by atoms with van der Waals surface area (Å²) in [5.41, 5.74) is 1.37. The van der Waals surface area contributed by atoms with Crippen LogP contribution in [-0.4, -0.2) is 62.5 Å².